The number of nitrogens with zero attached hydrogens (tertiary/aromatic N) is 2. The van der Waals surface area contributed by atoms with Crippen molar-refractivity contribution in [1.29, 1.82) is 0 Å². The molecule has 3 aliphatic heterocycles. The van der Waals surface area contributed by atoms with E-state index in [0.29, 0.717) is 19.3 Å². The summed E-state index contributed by atoms with van der Waals surface area (Å²) < 4.78 is 11.9. The first-order valence-corrected chi connectivity index (χ1v) is 13.5. The van der Waals surface area contributed by atoms with Gasteiger partial charge in [-0.15, -0.1) is 6.58 Å². The molecule has 6 atom stereocenters. The number of esters is 1. The summed E-state index contributed by atoms with van der Waals surface area (Å²) in [6.07, 6.45) is 4.19. The zero-order valence-corrected chi connectivity index (χ0v) is 22.9. The van der Waals surface area contributed by atoms with E-state index in [4.69, 9.17) is 9.47 Å². The van der Waals surface area contributed by atoms with Crippen molar-refractivity contribution in [2.24, 2.45) is 17.8 Å². The lowest BCUT2D eigenvalue weighted by Crippen LogP contribution is -2.59. The summed E-state index contributed by atoms with van der Waals surface area (Å²) in [5.74, 6) is -2.61. The maximum absolute atomic E-state index is 14.7. The lowest BCUT2D eigenvalue weighted by molar-refractivity contribution is -0.155. The van der Waals surface area contributed by atoms with Crippen molar-refractivity contribution in [3.63, 3.8) is 0 Å². The third kappa shape index (κ3) is 4.47. The highest BCUT2D eigenvalue weighted by Crippen LogP contribution is 2.59. The number of ether oxygens (including phenoxy) is 2. The number of aryl methyl sites for hydroxylation is 2. The van der Waals surface area contributed by atoms with Gasteiger partial charge in [0.2, 0.25) is 5.91 Å². The first kappa shape index (κ1) is 28.0. The molecule has 0 saturated carbocycles. The summed E-state index contributed by atoms with van der Waals surface area (Å²) in [6, 6.07) is 4.26. The van der Waals surface area contributed by atoms with Gasteiger partial charge in [-0.05, 0) is 50.2 Å². The summed E-state index contributed by atoms with van der Waals surface area (Å²) in [5, 5.41) is 10.4. The second-order valence-electron chi connectivity index (χ2n) is 11.2. The zero-order chi connectivity index (χ0) is 27.8. The SMILES string of the molecule is C=CCOC(=O)[C@@H]1[C@H]2C(=O)N([C@@H](CO)CC(C)C)C(C(=O)N(CC=C)c3c(C)cccc3C)C23CC[C@H]1O3. The van der Waals surface area contributed by atoms with Gasteiger partial charge in [-0.25, -0.2) is 0 Å². The molecule has 38 heavy (non-hydrogen) atoms. The number of likely N-dealkylation sites (tertiary alicyclic amines) is 1. The third-order valence-electron chi connectivity index (χ3n) is 8.22. The first-order valence-electron chi connectivity index (χ1n) is 13.5. The van der Waals surface area contributed by atoms with Crippen LogP contribution in [0, 0.1) is 31.6 Å². The van der Waals surface area contributed by atoms with Gasteiger partial charge in [-0.3, -0.25) is 14.4 Å². The Kier molecular flexibility index (Phi) is 8.14. The van der Waals surface area contributed by atoms with Gasteiger partial charge in [0, 0.05) is 12.2 Å². The van der Waals surface area contributed by atoms with Crippen LogP contribution in [0.5, 0.6) is 0 Å². The van der Waals surface area contributed by atoms with Crippen molar-refractivity contribution in [2.45, 2.75) is 70.7 Å². The van der Waals surface area contributed by atoms with E-state index < -0.39 is 41.6 Å². The molecule has 1 aromatic rings. The van der Waals surface area contributed by atoms with Crippen LogP contribution >= 0.6 is 0 Å². The molecule has 206 valence electrons. The van der Waals surface area contributed by atoms with Crippen LogP contribution in [0.2, 0.25) is 0 Å². The van der Waals surface area contributed by atoms with Crippen molar-refractivity contribution in [1.82, 2.24) is 4.90 Å². The fourth-order valence-corrected chi connectivity index (χ4v) is 6.89. The number of hydrogen-bond acceptors (Lipinski definition) is 6. The second kappa shape index (κ2) is 11.0. The molecule has 1 aromatic carbocycles. The maximum atomic E-state index is 14.7. The molecule has 3 aliphatic rings. The molecule has 4 rings (SSSR count). The van der Waals surface area contributed by atoms with Gasteiger partial charge in [-0.1, -0.05) is 50.8 Å². The largest absolute Gasteiger partial charge is 0.461 e. The van der Waals surface area contributed by atoms with Crippen molar-refractivity contribution < 1.29 is 29.0 Å². The van der Waals surface area contributed by atoms with E-state index in [9.17, 15) is 19.5 Å². The van der Waals surface area contributed by atoms with Gasteiger partial charge in [0.15, 0.2) is 0 Å². The van der Waals surface area contributed by atoms with Gasteiger partial charge in [0.05, 0.1) is 30.6 Å². The molecular weight excluding hydrogens is 484 g/mol. The minimum atomic E-state index is -1.17. The molecule has 1 spiro atoms. The van der Waals surface area contributed by atoms with Crippen LogP contribution in [0.15, 0.2) is 43.5 Å². The number of benzene rings is 1. The summed E-state index contributed by atoms with van der Waals surface area (Å²) in [7, 11) is 0. The van der Waals surface area contributed by atoms with Crippen molar-refractivity contribution in [3.8, 4) is 0 Å². The molecule has 8 heteroatoms. The Bertz CT molecular complexity index is 1100. The van der Waals surface area contributed by atoms with Gasteiger partial charge < -0.3 is 24.4 Å². The maximum Gasteiger partial charge on any atom is 0.312 e. The van der Waals surface area contributed by atoms with Crippen LogP contribution in [0.3, 0.4) is 0 Å². The highest BCUT2D eigenvalue weighted by atomic mass is 16.6. The Morgan fingerprint density at radius 3 is 2.53 bits per heavy atom. The summed E-state index contributed by atoms with van der Waals surface area (Å²) in [6.45, 7) is 15.4. The van der Waals surface area contributed by atoms with Crippen molar-refractivity contribution >= 4 is 23.5 Å². The van der Waals surface area contributed by atoms with E-state index in [2.05, 4.69) is 13.2 Å². The fraction of sp³-hybridized carbons (Fsp3) is 0.567. The van der Waals surface area contributed by atoms with Crippen LogP contribution < -0.4 is 4.90 Å². The Balaban J connectivity index is 1.84. The predicted octanol–water partition coefficient (Wildman–Crippen LogP) is 3.33. The number of carbonyl (C=O) groups excluding carboxylic acids is 3. The smallest absolute Gasteiger partial charge is 0.312 e. The monoisotopic (exact) mass is 524 g/mol. The molecule has 0 aromatic heterocycles. The molecule has 0 aliphatic carbocycles. The molecule has 2 unspecified atom stereocenters. The molecule has 3 fully saturated rings. The number of fused-ring (bicyclic) bond motifs is 1. The number of anilines is 1. The second-order valence-corrected chi connectivity index (χ2v) is 11.2. The van der Waals surface area contributed by atoms with E-state index in [-0.39, 0.29) is 37.5 Å². The Morgan fingerprint density at radius 1 is 1.26 bits per heavy atom. The lowest BCUT2D eigenvalue weighted by Gasteiger charge is -2.40. The first-order chi connectivity index (χ1) is 18.1. The van der Waals surface area contributed by atoms with E-state index in [1.54, 1.807) is 11.0 Å². The Hall–Kier alpha value is -2.97. The highest BCUT2D eigenvalue weighted by molar-refractivity contribution is 6.05. The van der Waals surface area contributed by atoms with Crippen LogP contribution in [0.25, 0.3) is 0 Å². The van der Waals surface area contributed by atoms with Crippen LogP contribution in [-0.2, 0) is 23.9 Å². The quantitative estimate of drug-likeness (QED) is 0.352. The normalized spacial score (nSPS) is 28.4. The number of rotatable bonds is 11. The van der Waals surface area contributed by atoms with Crippen LogP contribution in [-0.4, -0.2) is 71.3 Å². The highest BCUT2D eigenvalue weighted by Gasteiger charge is 2.75. The predicted molar refractivity (Wildman–Crippen MR) is 144 cm³/mol. The van der Waals surface area contributed by atoms with Crippen LogP contribution in [0.4, 0.5) is 5.69 Å². The van der Waals surface area contributed by atoms with Crippen molar-refractivity contribution in [3.05, 3.63) is 54.6 Å². The molecule has 3 heterocycles. The van der Waals surface area contributed by atoms with E-state index in [1.807, 2.05) is 45.9 Å². The minimum absolute atomic E-state index is 0.0360. The van der Waals surface area contributed by atoms with Crippen LogP contribution in [0.1, 0.15) is 44.2 Å². The van der Waals surface area contributed by atoms with E-state index in [0.717, 1.165) is 16.8 Å². The zero-order valence-electron chi connectivity index (χ0n) is 22.9. The van der Waals surface area contributed by atoms with Gasteiger partial charge in [0.25, 0.3) is 5.91 Å². The summed E-state index contributed by atoms with van der Waals surface area (Å²) in [5.41, 5.74) is 1.45. The average Bonchev–Trinajstić information content (AvgIpc) is 3.52. The standard InChI is InChI=1S/C30H40N2O6/c1-7-14-31(25-19(5)10-9-11-20(25)6)28(35)26-30-13-12-22(38-30)23(29(36)37-15-8-2)24(30)27(34)32(26)21(17-33)16-18(3)4/h7-11,18,21-24,26,33H,1-2,12-17H2,3-6H3/t21-,22-,23+,24+,26?,30?/m1/s1. The van der Waals surface area contributed by atoms with E-state index >= 15 is 0 Å². The molecule has 3 saturated heterocycles. The minimum Gasteiger partial charge on any atom is -0.461 e. The number of carbonyl (C=O) groups is 3. The van der Waals surface area contributed by atoms with Gasteiger partial charge in [0.1, 0.15) is 18.2 Å². The molecule has 1 N–H and O–H groups in total. The summed E-state index contributed by atoms with van der Waals surface area (Å²) in [4.78, 5) is 45.2. The number of amides is 2. The number of aliphatic hydroxyl groups excluding tert-OH is 1. The van der Waals surface area contributed by atoms with Gasteiger partial charge in [-0.2, -0.15) is 0 Å². The van der Waals surface area contributed by atoms with Gasteiger partial charge >= 0.3 is 5.97 Å². The summed E-state index contributed by atoms with van der Waals surface area (Å²) >= 11 is 0. The van der Waals surface area contributed by atoms with E-state index in [1.165, 1.54) is 11.0 Å². The molecule has 2 bridgehead atoms. The molecular formula is C30H40N2O6. The average molecular weight is 525 g/mol. The molecule has 2 amide bonds. The third-order valence-corrected chi connectivity index (χ3v) is 8.22. The molecule has 8 nitrogen and oxygen atoms in total. The number of hydrogen-bond donors (Lipinski definition) is 1. The lowest BCUT2D eigenvalue weighted by atomic mass is 9.70. The number of para-hydroxylation sites is 1. The fourth-order valence-electron chi connectivity index (χ4n) is 6.89. The Labute approximate surface area is 225 Å². The van der Waals surface area contributed by atoms with Crippen molar-refractivity contribution in [2.75, 3.05) is 24.7 Å². The number of aliphatic hydroxyl groups is 1. The molecule has 0 radical (unpaired) electrons. The Morgan fingerprint density at radius 2 is 1.95 bits per heavy atom. The topological polar surface area (TPSA) is 96.4 Å².